The van der Waals surface area contributed by atoms with Crippen molar-refractivity contribution >= 4 is 17.3 Å². The summed E-state index contributed by atoms with van der Waals surface area (Å²) in [6.45, 7) is 0.118. The van der Waals surface area contributed by atoms with Crippen molar-refractivity contribution in [3.05, 3.63) is 53.1 Å². The van der Waals surface area contributed by atoms with Crippen LogP contribution in [0.2, 0.25) is 0 Å². The lowest BCUT2D eigenvalue weighted by atomic mass is 9.95. The molecule has 0 fully saturated rings. The number of rotatable bonds is 4. The van der Waals surface area contributed by atoms with Crippen molar-refractivity contribution in [2.75, 3.05) is 6.54 Å². The number of Topliss-reactive ketones (excluding diaryl/α,β-unsaturated/α-hetero) is 2. The van der Waals surface area contributed by atoms with Crippen molar-refractivity contribution in [2.24, 2.45) is 4.99 Å². The van der Waals surface area contributed by atoms with Crippen LogP contribution < -0.4 is 0 Å². The Labute approximate surface area is 137 Å². The van der Waals surface area contributed by atoms with Crippen LogP contribution in [0.15, 0.2) is 35.6 Å². The van der Waals surface area contributed by atoms with Crippen LogP contribution in [-0.2, 0) is 13.0 Å². The van der Waals surface area contributed by atoms with E-state index in [2.05, 4.69) is 15.0 Å². The molecule has 2 aromatic rings. The van der Waals surface area contributed by atoms with E-state index in [9.17, 15) is 19.8 Å². The number of carbonyl (C=O) groups excluding carboxylic acids is 2. The minimum atomic E-state index is -0.379. The summed E-state index contributed by atoms with van der Waals surface area (Å²) in [6, 6.07) is 4.69. The van der Waals surface area contributed by atoms with E-state index >= 15 is 0 Å². The number of aliphatic imine (C=N–C) groups is 1. The molecule has 0 saturated heterocycles. The number of phenolic OH excluding ortho intramolecular Hbond substituents is 1. The first-order valence-corrected chi connectivity index (χ1v) is 7.44. The van der Waals surface area contributed by atoms with E-state index in [4.69, 9.17) is 0 Å². The highest BCUT2D eigenvalue weighted by Gasteiger charge is 2.31. The first-order valence-electron chi connectivity index (χ1n) is 7.44. The first-order chi connectivity index (χ1) is 11.6. The monoisotopic (exact) mass is 325 g/mol. The van der Waals surface area contributed by atoms with Gasteiger partial charge in [-0.25, -0.2) is 9.97 Å². The first kappa shape index (κ1) is 15.9. The molecule has 0 radical (unpaired) electrons. The van der Waals surface area contributed by atoms with E-state index in [-0.39, 0.29) is 54.0 Å². The van der Waals surface area contributed by atoms with Crippen LogP contribution in [0, 0.1) is 0 Å². The Morgan fingerprint density at radius 2 is 1.83 bits per heavy atom. The molecule has 0 amide bonds. The molecular formula is C17H15N3O4. The normalized spacial score (nSPS) is 15.6. The number of aliphatic hydroxyl groups excluding tert-OH is 1. The van der Waals surface area contributed by atoms with Crippen molar-refractivity contribution in [1.29, 1.82) is 0 Å². The van der Waals surface area contributed by atoms with Gasteiger partial charge >= 0.3 is 0 Å². The van der Waals surface area contributed by atoms with Crippen molar-refractivity contribution in [1.82, 2.24) is 9.97 Å². The summed E-state index contributed by atoms with van der Waals surface area (Å²) < 4.78 is 0. The fraction of sp³-hybridized carbons (Fsp3) is 0.235. The fourth-order valence-electron chi connectivity index (χ4n) is 2.60. The molecule has 2 N–H and O–H groups in total. The summed E-state index contributed by atoms with van der Waals surface area (Å²) >= 11 is 0. The van der Waals surface area contributed by atoms with Crippen LogP contribution in [0.5, 0.6) is 5.75 Å². The molecule has 0 bridgehead atoms. The van der Waals surface area contributed by atoms with E-state index in [0.29, 0.717) is 12.0 Å². The third kappa shape index (κ3) is 3.07. The average Bonchev–Trinajstić information content (AvgIpc) is 2.59. The summed E-state index contributed by atoms with van der Waals surface area (Å²) in [5.74, 6) is -0.552. The lowest BCUT2D eigenvalue weighted by Gasteiger charge is -2.13. The molecule has 24 heavy (non-hydrogen) atoms. The van der Waals surface area contributed by atoms with Gasteiger partial charge in [0.25, 0.3) is 0 Å². The zero-order valence-electron chi connectivity index (χ0n) is 12.8. The molecule has 0 unspecified atom stereocenters. The molecule has 0 spiro atoms. The van der Waals surface area contributed by atoms with Crippen molar-refractivity contribution in [3.63, 3.8) is 0 Å². The van der Waals surface area contributed by atoms with Crippen LogP contribution in [0.1, 0.15) is 38.5 Å². The molecule has 1 aromatic carbocycles. The van der Waals surface area contributed by atoms with Crippen LogP contribution in [0.4, 0.5) is 0 Å². The van der Waals surface area contributed by atoms with Crippen LogP contribution in [0.25, 0.3) is 0 Å². The van der Waals surface area contributed by atoms with Gasteiger partial charge in [-0.1, -0.05) is 6.07 Å². The predicted molar refractivity (Wildman–Crippen MR) is 85.3 cm³/mol. The number of aliphatic hydroxyl groups is 1. The Kier molecular flexibility index (Phi) is 4.43. The molecule has 1 heterocycles. The van der Waals surface area contributed by atoms with Crippen LogP contribution in [-0.4, -0.2) is 44.0 Å². The number of aromatic nitrogens is 2. The Morgan fingerprint density at radius 3 is 2.58 bits per heavy atom. The zero-order chi connectivity index (χ0) is 17.1. The Bertz CT molecular complexity index is 845. The summed E-state index contributed by atoms with van der Waals surface area (Å²) in [7, 11) is 0. The Morgan fingerprint density at radius 1 is 1.08 bits per heavy atom. The second-order valence-corrected chi connectivity index (χ2v) is 5.37. The topological polar surface area (TPSA) is 113 Å². The summed E-state index contributed by atoms with van der Waals surface area (Å²) in [4.78, 5) is 36.4. The van der Waals surface area contributed by atoms with E-state index in [0.717, 1.165) is 5.56 Å². The Hall–Kier alpha value is -2.93. The molecule has 3 rings (SSSR count). The van der Waals surface area contributed by atoms with E-state index in [1.807, 2.05) is 0 Å². The SMILES string of the molecule is O=C1CC(=NCCc2cc(O)ccc2CO)C(=O)c2nccnc21. The summed E-state index contributed by atoms with van der Waals surface area (Å²) in [6.07, 6.45) is 3.09. The molecule has 1 aromatic heterocycles. The fourth-order valence-corrected chi connectivity index (χ4v) is 2.60. The number of aromatic hydroxyl groups is 1. The molecule has 0 atom stereocenters. The number of fused-ring (bicyclic) bond motifs is 1. The molecule has 1 aliphatic rings. The minimum Gasteiger partial charge on any atom is -0.508 e. The number of benzene rings is 1. The zero-order valence-corrected chi connectivity index (χ0v) is 12.8. The lowest BCUT2D eigenvalue weighted by molar-refractivity contribution is 0.0957. The number of hydrogen-bond donors (Lipinski definition) is 2. The standard InChI is InChI=1S/C17H15N3O4/c21-9-11-1-2-12(22)7-10(11)3-4-18-13-8-14(23)15-16(17(13)24)20-6-5-19-15/h1-2,5-7,21-22H,3-4,8-9H2. The van der Waals surface area contributed by atoms with E-state index in [1.165, 1.54) is 18.5 Å². The highest BCUT2D eigenvalue weighted by Crippen LogP contribution is 2.19. The maximum Gasteiger partial charge on any atom is 0.227 e. The molecule has 7 nitrogen and oxygen atoms in total. The van der Waals surface area contributed by atoms with Gasteiger partial charge in [-0.15, -0.1) is 0 Å². The third-order valence-corrected chi connectivity index (χ3v) is 3.81. The van der Waals surface area contributed by atoms with Gasteiger partial charge in [0.2, 0.25) is 5.78 Å². The molecule has 1 aliphatic carbocycles. The molecule has 7 heteroatoms. The maximum absolute atomic E-state index is 12.3. The maximum atomic E-state index is 12.3. The van der Waals surface area contributed by atoms with Crippen molar-refractivity contribution < 1.29 is 19.8 Å². The molecular weight excluding hydrogens is 310 g/mol. The Balaban J connectivity index is 1.78. The van der Waals surface area contributed by atoms with Gasteiger partial charge in [0.05, 0.1) is 18.7 Å². The predicted octanol–water partition coefficient (Wildman–Crippen LogP) is 1.13. The van der Waals surface area contributed by atoms with Crippen molar-refractivity contribution in [3.8, 4) is 5.75 Å². The molecule has 0 saturated carbocycles. The van der Waals surface area contributed by atoms with Gasteiger partial charge in [-0.05, 0) is 29.7 Å². The van der Waals surface area contributed by atoms with Crippen molar-refractivity contribution in [2.45, 2.75) is 19.4 Å². The second-order valence-electron chi connectivity index (χ2n) is 5.37. The second kappa shape index (κ2) is 6.67. The van der Waals surface area contributed by atoms with Gasteiger partial charge in [0.15, 0.2) is 5.78 Å². The van der Waals surface area contributed by atoms with E-state index < -0.39 is 0 Å². The average molecular weight is 325 g/mol. The van der Waals surface area contributed by atoms with Gasteiger partial charge in [-0.2, -0.15) is 0 Å². The minimum absolute atomic E-state index is 0.0425. The van der Waals surface area contributed by atoms with Crippen LogP contribution in [0.3, 0.4) is 0 Å². The van der Waals surface area contributed by atoms with Gasteiger partial charge < -0.3 is 10.2 Å². The third-order valence-electron chi connectivity index (χ3n) is 3.81. The smallest absolute Gasteiger partial charge is 0.227 e. The summed E-state index contributed by atoms with van der Waals surface area (Å²) in [5.41, 5.74) is 1.74. The number of hydrogen-bond acceptors (Lipinski definition) is 7. The number of ketones is 2. The number of phenols is 1. The van der Waals surface area contributed by atoms with E-state index in [1.54, 1.807) is 12.1 Å². The molecule has 122 valence electrons. The van der Waals surface area contributed by atoms with Crippen LogP contribution >= 0.6 is 0 Å². The highest BCUT2D eigenvalue weighted by molar-refractivity contribution is 6.52. The van der Waals surface area contributed by atoms with Gasteiger partial charge in [0.1, 0.15) is 17.1 Å². The quantitative estimate of drug-likeness (QED) is 0.871. The van der Waals surface area contributed by atoms with Gasteiger partial charge in [-0.3, -0.25) is 14.6 Å². The largest absolute Gasteiger partial charge is 0.508 e. The number of nitrogens with zero attached hydrogens (tertiary/aromatic N) is 3. The highest BCUT2D eigenvalue weighted by atomic mass is 16.3. The van der Waals surface area contributed by atoms with Gasteiger partial charge in [0, 0.05) is 18.9 Å². The lowest BCUT2D eigenvalue weighted by Crippen LogP contribution is -2.29. The molecule has 0 aliphatic heterocycles. The summed E-state index contributed by atoms with van der Waals surface area (Å²) in [5, 5.41) is 18.8. The number of carbonyl (C=O) groups is 2.